The molecule has 3 N–H and O–H groups in total. The zero-order chi connectivity index (χ0) is 19.2. The summed E-state index contributed by atoms with van der Waals surface area (Å²) < 4.78 is 2.10. The van der Waals surface area contributed by atoms with Crippen molar-refractivity contribution in [3.8, 4) is 0 Å². The molecule has 9 heteroatoms. The minimum absolute atomic E-state index is 0. The summed E-state index contributed by atoms with van der Waals surface area (Å²) in [4.78, 5) is 27.4. The number of carbonyl (C=O) groups is 2. The van der Waals surface area contributed by atoms with Gasteiger partial charge in [-0.2, -0.15) is 0 Å². The lowest BCUT2D eigenvalue weighted by molar-refractivity contribution is -0.136. The molecule has 7 nitrogen and oxygen atoms in total. The number of fused-ring (bicyclic) bond motifs is 1. The van der Waals surface area contributed by atoms with Crippen LogP contribution in [0.15, 0.2) is 18.2 Å². The summed E-state index contributed by atoms with van der Waals surface area (Å²) in [5.74, 6) is 0.672. The topological polar surface area (TPSA) is 96.3 Å². The zero-order valence-corrected chi connectivity index (χ0v) is 20.1. The molecule has 0 unspecified atom stereocenters. The van der Waals surface area contributed by atoms with Gasteiger partial charge in [0.25, 0.3) is 5.91 Å². The number of benzene rings is 1. The van der Waals surface area contributed by atoms with E-state index in [4.69, 9.17) is 10.1 Å². The summed E-state index contributed by atoms with van der Waals surface area (Å²) in [6, 6.07) is 5.45. The number of hydrogen-bond acceptors (Lipinski definition) is 4. The van der Waals surface area contributed by atoms with Crippen LogP contribution in [0.5, 0.6) is 0 Å². The lowest BCUT2D eigenvalue weighted by Crippen LogP contribution is -2.27. The molecule has 0 bridgehead atoms. The summed E-state index contributed by atoms with van der Waals surface area (Å²) in [5, 5.41) is 14.7. The van der Waals surface area contributed by atoms with Gasteiger partial charge in [0.2, 0.25) is 0 Å². The monoisotopic (exact) mass is 532 g/mol. The van der Waals surface area contributed by atoms with Crippen LogP contribution in [0.3, 0.4) is 0 Å². The number of carbonyl (C=O) groups excluding carboxylic acids is 1. The SMILES string of the molecule is Br.Br.Cn1c(CCCC2CCNCC2)nc2cc(C(=O)NCCC(=O)O)ccc21. The first-order valence-electron chi connectivity index (χ1n) is 9.70. The summed E-state index contributed by atoms with van der Waals surface area (Å²) in [5.41, 5.74) is 2.32. The summed E-state index contributed by atoms with van der Waals surface area (Å²) >= 11 is 0. The quantitative estimate of drug-likeness (QED) is 0.484. The molecule has 1 fully saturated rings. The predicted octanol–water partition coefficient (Wildman–Crippen LogP) is 3.26. The van der Waals surface area contributed by atoms with Crippen molar-refractivity contribution < 1.29 is 14.7 Å². The van der Waals surface area contributed by atoms with E-state index in [0.29, 0.717) is 5.56 Å². The largest absolute Gasteiger partial charge is 0.481 e. The third-order valence-electron chi connectivity index (χ3n) is 5.33. The van der Waals surface area contributed by atoms with Crippen molar-refractivity contribution in [1.82, 2.24) is 20.2 Å². The van der Waals surface area contributed by atoms with E-state index in [2.05, 4.69) is 15.2 Å². The lowest BCUT2D eigenvalue weighted by atomic mass is 9.92. The van der Waals surface area contributed by atoms with E-state index in [1.165, 1.54) is 19.3 Å². The van der Waals surface area contributed by atoms with E-state index >= 15 is 0 Å². The number of nitrogens with one attached hydrogen (secondary N) is 2. The maximum atomic E-state index is 12.2. The first-order chi connectivity index (χ1) is 13.0. The van der Waals surface area contributed by atoms with Crippen molar-refractivity contribution in [1.29, 1.82) is 0 Å². The van der Waals surface area contributed by atoms with Crippen molar-refractivity contribution in [3.63, 3.8) is 0 Å². The predicted molar refractivity (Wildman–Crippen MR) is 124 cm³/mol. The number of aryl methyl sites for hydroxylation is 2. The van der Waals surface area contributed by atoms with Crippen molar-refractivity contribution in [2.45, 2.75) is 38.5 Å². The minimum Gasteiger partial charge on any atom is -0.481 e. The van der Waals surface area contributed by atoms with Crippen LogP contribution in [0.2, 0.25) is 0 Å². The van der Waals surface area contributed by atoms with Crippen LogP contribution >= 0.6 is 34.0 Å². The Bertz CT molecular complexity index is 819. The van der Waals surface area contributed by atoms with Gasteiger partial charge in [-0.15, -0.1) is 34.0 Å². The maximum Gasteiger partial charge on any atom is 0.305 e. The molecule has 0 saturated carbocycles. The Morgan fingerprint density at radius 2 is 2.00 bits per heavy atom. The molecule has 0 aliphatic carbocycles. The molecule has 2 heterocycles. The van der Waals surface area contributed by atoms with Gasteiger partial charge in [-0.05, 0) is 62.9 Å². The molecule has 0 spiro atoms. The Labute approximate surface area is 192 Å². The molecule has 0 atom stereocenters. The Hall–Kier alpha value is -1.45. The highest BCUT2D eigenvalue weighted by atomic mass is 79.9. The maximum absolute atomic E-state index is 12.2. The fraction of sp³-hybridized carbons (Fsp3) is 0.550. The third-order valence-corrected chi connectivity index (χ3v) is 5.33. The highest BCUT2D eigenvalue weighted by Crippen LogP contribution is 2.21. The van der Waals surface area contributed by atoms with Gasteiger partial charge in [0.15, 0.2) is 0 Å². The number of aliphatic carboxylic acids is 1. The first kappa shape index (κ1) is 25.6. The number of hydrogen-bond donors (Lipinski definition) is 3. The third kappa shape index (κ3) is 7.08. The fourth-order valence-corrected chi connectivity index (χ4v) is 3.72. The molecule has 1 saturated heterocycles. The van der Waals surface area contributed by atoms with Gasteiger partial charge in [0.05, 0.1) is 17.5 Å². The van der Waals surface area contributed by atoms with Crippen molar-refractivity contribution >= 4 is 56.9 Å². The van der Waals surface area contributed by atoms with Gasteiger partial charge in [-0.1, -0.05) is 0 Å². The van der Waals surface area contributed by atoms with Crippen LogP contribution in [-0.4, -0.2) is 46.2 Å². The molecule has 0 radical (unpaired) electrons. The molecular formula is C20H30Br2N4O3. The standard InChI is InChI=1S/C20H28N4O3.2BrH/c1-24-17-6-5-15(20(27)22-12-9-19(25)26)13-16(17)23-18(24)4-2-3-14-7-10-21-11-8-14;;/h5-6,13-14,21H,2-4,7-12H2,1H3,(H,22,27)(H,25,26);2*1H. The minimum atomic E-state index is -0.926. The molecule has 162 valence electrons. The average molecular weight is 534 g/mol. The van der Waals surface area contributed by atoms with Gasteiger partial charge < -0.3 is 20.3 Å². The molecular weight excluding hydrogens is 504 g/mol. The second-order valence-corrected chi connectivity index (χ2v) is 7.28. The molecule has 1 amide bonds. The van der Waals surface area contributed by atoms with Gasteiger partial charge in [0.1, 0.15) is 5.82 Å². The van der Waals surface area contributed by atoms with Crippen LogP contribution < -0.4 is 10.6 Å². The highest BCUT2D eigenvalue weighted by molar-refractivity contribution is 8.93. The number of aromatic nitrogens is 2. The van der Waals surface area contributed by atoms with E-state index in [0.717, 1.165) is 48.7 Å². The van der Waals surface area contributed by atoms with Crippen LogP contribution in [0.4, 0.5) is 0 Å². The Morgan fingerprint density at radius 3 is 2.69 bits per heavy atom. The van der Waals surface area contributed by atoms with Gasteiger partial charge in [-0.3, -0.25) is 9.59 Å². The Morgan fingerprint density at radius 1 is 1.28 bits per heavy atom. The zero-order valence-electron chi connectivity index (χ0n) is 16.6. The number of rotatable bonds is 8. The molecule has 1 aliphatic rings. The average Bonchev–Trinajstić information content (AvgIpc) is 2.97. The molecule has 3 rings (SSSR count). The first-order valence-corrected chi connectivity index (χ1v) is 9.70. The fourth-order valence-electron chi connectivity index (χ4n) is 3.72. The number of nitrogens with zero attached hydrogens (tertiary/aromatic N) is 2. The second-order valence-electron chi connectivity index (χ2n) is 7.28. The lowest BCUT2D eigenvalue weighted by Gasteiger charge is -2.22. The van der Waals surface area contributed by atoms with E-state index in [9.17, 15) is 9.59 Å². The number of piperidine rings is 1. The molecule has 1 aliphatic heterocycles. The van der Waals surface area contributed by atoms with Gasteiger partial charge >= 0.3 is 5.97 Å². The number of halogens is 2. The molecule has 29 heavy (non-hydrogen) atoms. The van der Waals surface area contributed by atoms with Crippen molar-refractivity contribution in [2.24, 2.45) is 13.0 Å². The molecule has 1 aromatic heterocycles. The van der Waals surface area contributed by atoms with Crippen LogP contribution in [0.25, 0.3) is 11.0 Å². The smallest absolute Gasteiger partial charge is 0.305 e. The molecule has 2 aromatic rings. The van der Waals surface area contributed by atoms with Crippen molar-refractivity contribution in [3.05, 3.63) is 29.6 Å². The number of carboxylic acids is 1. The second kappa shape index (κ2) is 12.3. The van der Waals surface area contributed by atoms with Gasteiger partial charge in [0, 0.05) is 25.6 Å². The van der Waals surface area contributed by atoms with E-state index < -0.39 is 5.97 Å². The number of amides is 1. The number of carboxylic acid groups (broad SMARTS) is 1. The van der Waals surface area contributed by atoms with Crippen LogP contribution in [0, 0.1) is 5.92 Å². The normalized spacial score (nSPS) is 14.1. The van der Waals surface area contributed by atoms with Crippen LogP contribution in [0.1, 0.15) is 48.3 Å². The van der Waals surface area contributed by atoms with E-state index in [-0.39, 0.29) is 52.8 Å². The number of imidazole rings is 1. The van der Waals surface area contributed by atoms with E-state index in [1.807, 2.05) is 13.1 Å². The summed E-state index contributed by atoms with van der Waals surface area (Å²) in [6.45, 7) is 2.39. The van der Waals surface area contributed by atoms with Crippen LogP contribution in [-0.2, 0) is 18.3 Å². The van der Waals surface area contributed by atoms with E-state index in [1.54, 1.807) is 12.1 Å². The van der Waals surface area contributed by atoms with Gasteiger partial charge in [-0.25, -0.2) is 4.98 Å². The summed E-state index contributed by atoms with van der Waals surface area (Å²) in [6.07, 6.45) is 5.76. The Balaban J connectivity index is 0.00000210. The Kier molecular flexibility index (Phi) is 10.8. The van der Waals surface area contributed by atoms with Crippen molar-refractivity contribution in [2.75, 3.05) is 19.6 Å². The molecule has 1 aromatic carbocycles. The highest BCUT2D eigenvalue weighted by Gasteiger charge is 2.15. The summed E-state index contributed by atoms with van der Waals surface area (Å²) in [7, 11) is 2.02.